The summed E-state index contributed by atoms with van der Waals surface area (Å²) in [6.45, 7) is 0.475. The Labute approximate surface area is 178 Å². The van der Waals surface area contributed by atoms with Crippen molar-refractivity contribution in [2.24, 2.45) is 0 Å². The molecule has 8 nitrogen and oxygen atoms in total. The number of hydrogen-bond donors (Lipinski definition) is 3. The highest BCUT2D eigenvalue weighted by molar-refractivity contribution is 6.32. The van der Waals surface area contributed by atoms with Crippen LogP contribution in [0, 0.1) is 0 Å². The number of anilines is 1. The topological polar surface area (TPSA) is 97.3 Å². The summed E-state index contributed by atoms with van der Waals surface area (Å²) in [5.41, 5.74) is 2.18. The first-order chi connectivity index (χ1) is 14.5. The summed E-state index contributed by atoms with van der Waals surface area (Å²) in [5.74, 6) is 0.860. The molecule has 2 heterocycles. The fraction of sp³-hybridized carbons (Fsp3) is 0.190. The Kier molecular flexibility index (Phi) is 5.58. The number of carbonyl (C=O) groups is 2. The zero-order chi connectivity index (χ0) is 21.1. The van der Waals surface area contributed by atoms with E-state index in [0.29, 0.717) is 35.2 Å². The van der Waals surface area contributed by atoms with E-state index in [4.69, 9.17) is 16.3 Å². The number of urea groups is 1. The molecule has 3 N–H and O–H groups in total. The molecule has 1 aliphatic rings. The van der Waals surface area contributed by atoms with Gasteiger partial charge in [0.05, 0.1) is 23.4 Å². The van der Waals surface area contributed by atoms with E-state index in [1.165, 1.54) is 0 Å². The van der Waals surface area contributed by atoms with E-state index in [2.05, 4.69) is 21.0 Å². The van der Waals surface area contributed by atoms with Crippen LogP contribution in [0.1, 0.15) is 28.4 Å². The minimum absolute atomic E-state index is 0.156. The van der Waals surface area contributed by atoms with Gasteiger partial charge in [0.1, 0.15) is 5.75 Å². The third-order valence-electron chi connectivity index (χ3n) is 4.78. The number of rotatable bonds is 4. The number of para-hydroxylation sites is 1. The predicted octanol–water partition coefficient (Wildman–Crippen LogP) is 3.53. The van der Waals surface area contributed by atoms with E-state index < -0.39 is 0 Å². The van der Waals surface area contributed by atoms with Crippen LogP contribution in [-0.2, 0) is 0 Å². The molecule has 0 bridgehead atoms. The van der Waals surface area contributed by atoms with Gasteiger partial charge in [0, 0.05) is 36.9 Å². The number of nitrogens with zero attached hydrogens (tertiary/aromatic N) is 2. The summed E-state index contributed by atoms with van der Waals surface area (Å²) >= 11 is 6.18. The lowest BCUT2D eigenvalue weighted by atomic mass is 10.0. The second kappa shape index (κ2) is 8.46. The van der Waals surface area contributed by atoms with Gasteiger partial charge in [-0.15, -0.1) is 5.10 Å². The molecule has 0 fully saturated rings. The van der Waals surface area contributed by atoms with Crippen LogP contribution in [0.2, 0.25) is 5.02 Å². The summed E-state index contributed by atoms with van der Waals surface area (Å²) in [4.78, 5) is 24.1. The molecular weight excluding hydrogens is 406 g/mol. The van der Waals surface area contributed by atoms with Gasteiger partial charge in [-0.2, -0.15) is 0 Å². The van der Waals surface area contributed by atoms with Gasteiger partial charge in [-0.25, -0.2) is 9.48 Å². The van der Waals surface area contributed by atoms with Gasteiger partial charge < -0.3 is 15.4 Å². The zero-order valence-corrected chi connectivity index (χ0v) is 16.9. The molecule has 0 saturated heterocycles. The number of amides is 3. The quantitative estimate of drug-likeness (QED) is 0.595. The van der Waals surface area contributed by atoms with Crippen LogP contribution in [0.3, 0.4) is 0 Å². The van der Waals surface area contributed by atoms with E-state index in [1.807, 2.05) is 12.1 Å². The normalized spacial score (nSPS) is 14.9. The van der Waals surface area contributed by atoms with Crippen molar-refractivity contribution in [3.63, 3.8) is 0 Å². The Morgan fingerprint density at radius 3 is 2.73 bits per heavy atom. The van der Waals surface area contributed by atoms with Crippen molar-refractivity contribution < 1.29 is 14.3 Å². The van der Waals surface area contributed by atoms with Gasteiger partial charge in [0.15, 0.2) is 5.82 Å². The third kappa shape index (κ3) is 4.08. The molecule has 0 aliphatic carbocycles. The standard InChI is InChI=1S/C21H20ClN5O3/c1-23-20(28)13-5-7-14(8-6-13)27-11-9-18(26-27)25-21(29)24-17-10-12-30-19-15(17)3-2-4-16(19)22/h2-9,11,17H,10,12H2,1H3,(H,23,28)(H2,24,25,26,29)/t17-/m0/s1. The zero-order valence-electron chi connectivity index (χ0n) is 16.2. The first-order valence-electron chi connectivity index (χ1n) is 9.42. The second-order valence-corrected chi connectivity index (χ2v) is 7.13. The Hall–Kier alpha value is -3.52. The molecule has 4 rings (SSSR count). The van der Waals surface area contributed by atoms with Crippen LogP contribution in [0.4, 0.5) is 10.6 Å². The average Bonchev–Trinajstić information content (AvgIpc) is 3.22. The maximum atomic E-state index is 12.5. The van der Waals surface area contributed by atoms with Crippen LogP contribution in [0.5, 0.6) is 5.75 Å². The van der Waals surface area contributed by atoms with E-state index >= 15 is 0 Å². The highest BCUT2D eigenvalue weighted by Gasteiger charge is 2.24. The predicted molar refractivity (Wildman–Crippen MR) is 113 cm³/mol. The molecular formula is C21H20ClN5O3. The van der Waals surface area contributed by atoms with Gasteiger partial charge in [-0.1, -0.05) is 23.7 Å². The van der Waals surface area contributed by atoms with E-state index in [-0.39, 0.29) is 18.0 Å². The third-order valence-corrected chi connectivity index (χ3v) is 5.08. The fourth-order valence-electron chi connectivity index (χ4n) is 3.29. The molecule has 0 radical (unpaired) electrons. The molecule has 30 heavy (non-hydrogen) atoms. The van der Waals surface area contributed by atoms with Gasteiger partial charge in [-0.3, -0.25) is 10.1 Å². The largest absolute Gasteiger partial charge is 0.492 e. The molecule has 2 aromatic carbocycles. The van der Waals surface area contributed by atoms with E-state index in [9.17, 15) is 9.59 Å². The molecule has 0 unspecified atom stereocenters. The first kappa shape index (κ1) is 19.8. The van der Waals surface area contributed by atoms with Crippen molar-refractivity contribution in [3.05, 3.63) is 70.9 Å². The van der Waals surface area contributed by atoms with Crippen molar-refractivity contribution >= 4 is 29.4 Å². The monoisotopic (exact) mass is 425 g/mol. The average molecular weight is 426 g/mol. The van der Waals surface area contributed by atoms with Gasteiger partial charge >= 0.3 is 6.03 Å². The lowest BCUT2D eigenvalue weighted by molar-refractivity contribution is 0.0963. The molecule has 0 saturated carbocycles. The molecule has 1 aromatic heterocycles. The van der Waals surface area contributed by atoms with Crippen molar-refractivity contribution in [2.75, 3.05) is 19.0 Å². The molecule has 9 heteroatoms. The van der Waals surface area contributed by atoms with E-state index in [1.54, 1.807) is 54.3 Å². The lowest BCUT2D eigenvalue weighted by Crippen LogP contribution is -2.35. The number of carbonyl (C=O) groups excluding carboxylic acids is 2. The maximum Gasteiger partial charge on any atom is 0.320 e. The van der Waals surface area contributed by atoms with Gasteiger partial charge in [0.25, 0.3) is 5.91 Å². The number of hydrogen-bond acceptors (Lipinski definition) is 4. The molecule has 0 spiro atoms. The number of halogens is 1. The summed E-state index contributed by atoms with van der Waals surface area (Å²) in [5, 5.41) is 13.2. The smallest absolute Gasteiger partial charge is 0.320 e. The molecule has 154 valence electrons. The highest BCUT2D eigenvalue weighted by atomic mass is 35.5. The Morgan fingerprint density at radius 1 is 1.17 bits per heavy atom. The first-order valence-corrected chi connectivity index (χ1v) is 9.80. The minimum Gasteiger partial charge on any atom is -0.492 e. The summed E-state index contributed by atoms with van der Waals surface area (Å²) in [6.07, 6.45) is 2.38. The van der Waals surface area contributed by atoms with Crippen molar-refractivity contribution in [3.8, 4) is 11.4 Å². The molecule has 1 aliphatic heterocycles. The van der Waals surface area contributed by atoms with Crippen LogP contribution in [0.25, 0.3) is 5.69 Å². The van der Waals surface area contributed by atoms with E-state index in [0.717, 1.165) is 11.3 Å². The Morgan fingerprint density at radius 2 is 1.97 bits per heavy atom. The van der Waals surface area contributed by atoms with Crippen LogP contribution in [-0.4, -0.2) is 35.4 Å². The summed E-state index contributed by atoms with van der Waals surface area (Å²) in [6, 6.07) is 13.6. The van der Waals surface area contributed by atoms with Crippen molar-refractivity contribution in [2.45, 2.75) is 12.5 Å². The highest BCUT2D eigenvalue weighted by Crippen LogP contribution is 2.37. The number of benzene rings is 2. The van der Waals surface area contributed by atoms with Crippen LogP contribution < -0.4 is 20.7 Å². The molecule has 1 atom stereocenters. The minimum atomic E-state index is -0.368. The van der Waals surface area contributed by atoms with Gasteiger partial charge in [0.2, 0.25) is 0 Å². The molecule has 3 amide bonds. The fourth-order valence-corrected chi connectivity index (χ4v) is 3.53. The molecule has 3 aromatic rings. The van der Waals surface area contributed by atoms with Crippen LogP contribution >= 0.6 is 11.6 Å². The Bertz CT molecular complexity index is 1080. The van der Waals surface area contributed by atoms with Crippen molar-refractivity contribution in [1.82, 2.24) is 20.4 Å². The van der Waals surface area contributed by atoms with Crippen molar-refractivity contribution in [1.29, 1.82) is 0 Å². The number of nitrogens with one attached hydrogen (secondary N) is 3. The SMILES string of the molecule is CNC(=O)c1ccc(-n2ccc(NC(=O)N[C@H]3CCOc4c(Cl)cccc43)n2)cc1. The van der Waals surface area contributed by atoms with Crippen LogP contribution in [0.15, 0.2) is 54.7 Å². The maximum absolute atomic E-state index is 12.5. The Balaban J connectivity index is 1.42. The lowest BCUT2D eigenvalue weighted by Gasteiger charge is -2.27. The summed E-state index contributed by atoms with van der Waals surface area (Å²) < 4.78 is 7.24. The number of aromatic nitrogens is 2. The van der Waals surface area contributed by atoms with Gasteiger partial charge in [-0.05, 0) is 30.3 Å². The number of fused-ring (bicyclic) bond motifs is 1. The number of ether oxygens (including phenoxy) is 1. The summed E-state index contributed by atoms with van der Waals surface area (Å²) in [7, 11) is 1.58. The second-order valence-electron chi connectivity index (χ2n) is 6.72.